The zero-order valence-electron chi connectivity index (χ0n) is 19.0. The first-order valence-electron chi connectivity index (χ1n) is 10.8. The topological polar surface area (TPSA) is 74.6 Å². The summed E-state index contributed by atoms with van der Waals surface area (Å²) < 4.78 is 1.97. The average molecular weight is 538 g/mol. The van der Waals surface area contributed by atoms with E-state index in [1.165, 1.54) is 6.42 Å². The molecule has 0 aliphatic carbocycles. The van der Waals surface area contributed by atoms with Crippen molar-refractivity contribution in [2.24, 2.45) is 10.9 Å². The van der Waals surface area contributed by atoms with Crippen molar-refractivity contribution >= 4 is 35.8 Å². The smallest absolute Gasteiger partial charge is 0.224 e. The Morgan fingerprint density at radius 3 is 2.71 bits per heavy atom. The second-order valence-corrected chi connectivity index (χ2v) is 8.16. The molecule has 1 amide bonds. The van der Waals surface area contributed by atoms with Gasteiger partial charge in [-0.1, -0.05) is 25.1 Å². The Balaban J connectivity index is 0.00000341. The summed E-state index contributed by atoms with van der Waals surface area (Å²) in [6.07, 6.45) is 2.81. The number of aromatic nitrogens is 2. The lowest BCUT2D eigenvalue weighted by atomic mass is 10.00. The van der Waals surface area contributed by atoms with Gasteiger partial charge >= 0.3 is 0 Å². The molecule has 0 bridgehead atoms. The standard InChI is InChI=1S/C23H34N6O.HI/c1-17-8-7-13-28(16-17)22(30)11-12-25-23(24-4)26-15-20-9-5-6-10-21(20)29-19(3)14-18(2)27-29;/h5-6,9-10,14,17H,7-8,11-13,15-16H2,1-4H3,(H2,24,25,26);1H. The van der Waals surface area contributed by atoms with Crippen LogP contribution in [0.25, 0.3) is 5.69 Å². The normalized spacial score (nSPS) is 16.6. The lowest BCUT2D eigenvalue weighted by Crippen LogP contribution is -2.42. The number of amides is 1. The number of rotatable bonds is 6. The Hall–Kier alpha value is -2.10. The Labute approximate surface area is 202 Å². The molecule has 1 unspecified atom stereocenters. The first-order valence-corrected chi connectivity index (χ1v) is 10.8. The Morgan fingerprint density at radius 2 is 2.03 bits per heavy atom. The highest BCUT2D eigenvalue weighted by Gasteiger charge is 2.20. The number of likely N-dealkylation sites (tertiary alicyclic amines) is 1. The molecule has 2 heterocycles. The monoisotopic (exact) mass is 538 g/mol. The zero-order chi connectivity index (χ0) is 21.5. The molecule has 31 heavy (non-hydrogen) atoms. The maximum absolute atomic E-state index is 12.4. The molecule has 1 aromatic carbocycles. The summed E-state index contributed by atoms with van der Waals surface area (Å²) in [5.74, 6) is 1.52. The number of aryl methyl sites for hydroxylation is 2. The van der Waals surface area contributed by atoms with E-state index >= 15 is 0 Å². The van der Waals surface area contributed by atoms with Gasteiger partial charge in [0.15, 0.2) is 5.96 Å². The van der Waals surface area contributed by atoms with Gasteiger partial charge in [-0.3, -0.25) is 9.79 Å². The van der Waals surface area contributed by atoms with Gasteiger partial charge in [0.05, 0.1) is 11.4 Å². The van der Waals surface area contributed by atoms with Crippen molar-refractivity contribution in [1.29, 1.82) is 0 Å². The van der Waals surface area contributed by atoms with Crippen LogP contribution in [0.4, 0.5) is 0 Å². The molecule has 1 aliphatic heterocycles. The van der Waals surface area contributed by atoms with Gasteiger partial charge in [-0.05, 0) is 50.3 Å². The predicted molar refractivity (Wildman–Crippen MR) is 136 cm³/mol. The van der Waals surface area contributed by atoms with Crippen molar-refractivity contribution in [3.8, 4) is 5.69 Å². The Bertz CT molecular complexity index is 894. The molecular formula is C23H35IN6O. The number of hydrogen-bond acceptors (Lipinski definition) is 3. The van der Waals surface area contributed by atoms with E-state index in [1.807, 2.05) is 28.6 Å². The third-order valence-corrected chi connectivity index (χ3v) is 5.54. The van der Waals surface area contributed by atoms with Crippen LogP contribution in [0.15, 0.2) is 35.3 Å². The van der Waals surface area contributed by atoms with Gasteiger partial charge in [-0.15, -0.1) is 24.0 Å². The second kappa shape index (κ2) is 12.1. The third kappa shape index (κ3) is 6.95. The summed E-state index contributed by atoms with van der Waals surface area (Å²) >= 11 is 0. The van der Waals surface area contributed by atoms with Crippen LogP contribution >= 0.6 is 24.0 Å². The largest absolute Gasteiger partial charge is 0.356 e. The molecule has 0 radical (unpaired) electrons. The first kappa shape index (κ1) is 25.2. The molecule has 1 fully saturated rings. The van der Waals surface area contributed by atoms with Gasteiger partial charge < -0.3 is 15.5 Å². The molecule has 7 nitrogen and oxygen atoms in total. The van der Waals surface area contributed by atoms with Crippen LogP contribution in [0.5, 0.6) is 0 Å². The van der Waals surface area contributed by atoms with E-state index in [9.17, 15) is 4.79 Å². The number of nitrogens with one attached hydrogen (secondary N) is 2. The molecule has 1 saturated heterocycles. The number of nitrogens with zero attached hydrogens (tertiary/aromatic N) is 4. The highest BCUT2D eigenvalue weighted by Crippen LogP contribution is 2.17. The van der Waals surface area contributed by atoms with Crippen molar-refractivity contribution in [3.63, 3.8) is 0 Å². The van der Waals surface area contributed by atoms with Crippen LogP contribution in [-0.4, -0.2) is 53.2 Å². The molecule has 1 aromatic heterocycles. The summed E-state index contributed by atoms with van der Waals surface area (Å²) in [6.45, 7) is 9.24. The number of benzene rings is 1. The number of hydrogen-bond donors (Lipinski definition) is 2. The summed E-state index contributed by atoms with van der Waals surface area (Å²) in [5, 5.41) is 11.2. The van der Waals surface area contributed by atoms with Crippen LogP contribution in [0.2, 0.25) is 0 Å². The molecule has 0 spiro atoms. The number of carbonyl (C=O) groups excluding carboxylic acids is 1. The summed E-state index contributed by atoms with van der Waals surface area (Å²) in [7, 11) is 1.75. The van der Waals surface area contributed by atoms with Crippen LogP contribution in [0, 0.1) is 19.8 Å². The number of guanidine groups is 1. The number of carbonyl (C=O) groups is 1. The van der Waals surface area contributed by atoms with Crippen molar-refractivity contribution < 1.29 is 4.79 Å². The molecule has 3 rings (SSSR count). The Morgan fingerprint density at radius 1 is 1.26 bits per heavy atom. The lowest BCUT2D eigenvalue weighted by molar-refractivity contribution is -0.132. The quantitative estimate of drug-likeness (QED) is 0.336. The first-order chi connectivity index (χ1) is 14.5. The van der Waals surface area contributed by atoms with Crippen LogP contribution < -0.4 is 10.6 Å². The number of halogens is 1. The average Bonchev–Trinajstić information content (AvgIpc) is 3.08. The van der Waals surface area contributed by atoms with E-state index in [4.69, 9.17) is 0 Å². The van der Waals surface area contributed by atoms with E-state index in [2.05, 4.69) is 52.8 Å². The highest BCUT2D eigenvalue weighted by atomic mass is 127. The van der Waals surface area contributed by atoms with Crippen molar-refractivity contribution in [1.82, 2.24) is 25.3 Å². The number of piperidine rings is 1. The minimum atomic E-state index is 0. The molecular weight excluding hydrogens is 503 g/mol. The van der Waals surface area contributed by atoms with Crippen LogP contribution in [0.1, 0.15) is 43.1 Å². The SMILES string of the molecule is CN=C(NCCC(=O)N1CCCC(C)C1)NCc1ccccc1-n1nc(C)cc1C.I. The molecule has 1 aliphatic rings. The number of para-hydroxylation sites is 1. The minimum absolute atomic E-state index is 0. The van der Waals surface area contributed by atoms with E-state index < -0.39 is 0 Å². The van der Waals surface area contributed by atoms with Crippen LogP contribution in [0.3, 0.4) is 0 Å². The predicted octanol–water partition coefficient (Wildman–Crippen LogP) is 3.42. The van der Waals surface area contributed by atoms with Crippen molar-refractivity contribution in [3.05, 3.63) is 47.3 Å². The molecule has 2 aromatic rings. The van der Waals surface area contributed by atoms with Gasteiger partial charge in [-0.25, -0.2) is 4.68 Å². The molecule has 1 atom stereocenters. The van der Waals surface area contributed by atoms with Gasteiger partial charge in [0.1, 0.15) is 0 Å². The maximum atomic E-state index is 12.4. The number of aliphatic imine (C=N–C) groups is 1. The molecule has 8 heteroatoms. The van der Waals surface area contributed by atoms with Gasteiger partial charge in [0.2, 0.25) is 5.91 Å². The van der Waals surface area contributed by atoms with Gasteiger partial charge in [0.25, 0.3) is 0 Å². The zero-order valence-corrected chi connectivity index (χ0v) is 21.3. The van der Waals surface area contributed by atoms with E-state index in [0.717, 1.165) is 42.1 Å². The fourth-order valence-corrected chi connectivity index (χ4v) is 4.00. The lowest BCUT2D eigenvalue weighted by Gasteiger charge is -2.31. The third-order valence-electron chi connectivity index (χ3n) is 5.54. The maximum Gasteiger partial charge on any atom is 0.224 e. The fourth-order valence-electron chi connectivity index (χ4n) is 4.00. The van der Waals surface area contributed by atoms with E-state index in [1.54, 1.807) is 7.05 Å². The van der Waals surface area contributed by atoms with E-state index in [-0.39, 0.29) is 29.9 Å². The summed E-state index contributed by atoms with van der Waals surface area (Å²) in [6, 6.07) is 10.3. The molecule has 170 valence electrons. The summed E-state index contributed by atoms with van der Waals surface area (Å²) in [5.41, 5.74) is 4.29. The van der Waals surface area contributed by atoms with Crippen LogP contribution in [-0.2, 0) is 11.3 Å². The van der Waals surface area contributed by atoms with Crippen molar-refractivity contribution in [2.45, 2.75) is 46.6 Å². The molecule has 0 saturated carbocycles. The molecule has 2 N–H and O–H groups in total. The Kier molecular flexibility index (Phi) is 9.80. The fraction of sp³-hybridized carbons (Fsp3) is 0.522. The summed E-state index contributed by atoms with van der Waals surface area (Å²) in [4.78, 5) is 18.7. The van der Waals surface area contributed by atoms with Gasteiger partial charge in [0, 0.05) is 45.3 Å². The van der Waals surface area contributed by atoms with E-state index in [0.29, 0.717) is 31.4 Å². The van der Waals surface area contributed by atoms with Gasteiger partial charge in [-0.2, -0.15) is 5.10 Å². The second-order valence-electron chi connectivity index (χ2n) is 8.16. The highest BCUT2D eigenvalue weighted by molar-refractivity contribution is 14.0. The minimum Gasteiger partial charge on any atom is -0.356 e. The van der Waals surface area contributed by atoms with Crippen molar-refractivity contribution in [2.75, 3.05) is 26.7 Å².